The lowest BCUT2D eigenvalue weighted by atomic mass is 9.66. The molecule has 7 saturated carbocycles. The summed E-state index contributed by atoms with van der Waals surface area (Å²) in [6.45, 7) is 2.53. The molecule has 0 aromatic carbocycles. The highest BCUT2D eigenvalue weighted by atomic mass is 32.2. The summed E-state index contributed by atoms with van der Waals surface area (Å²) in [6, 6.07) is 5.22. The normalized spacial score (nSPS) is 43.4. The lowest BCUT2D eigenvalue weighted by Crippen LogP contribution is -2.55. The van der Waals surface area contributed by atoms with Gasteiger partial charge in [0.2, 0.25) is 0 Å². The molecule has 9 fully saturated rings. The zero-order chi connectivity index (χ0) is 35.8. The first-order valence-electron chi connectivity index (χ1n) is 24.5. The van der Waals surface area contributed by atoms with Crippen LogP contribution in [0.1, 0.15) is 199 Å². The molecule has 9 aliphatic rings. The molecule has 5 atom stereocenters. The SMILES string of the molecule is O=S(=O)(C1CCCCC1)C1CCC(C2CCC(C3CCC(N4C5CCNCC5C5CC(N(C6CCCCC6)C6CCCCC6)CCC54)CC3)CC2)CC1. The van der Waals surface area contributed by atoms with Gasteiger partial charge in [-0.3, -0.25) is 9.80 Å². The van der Waals surface area contributed by atoms with Crippen LogP contribution in [-0.2, 0) is 9.84 Å². The topological polar surface area (TPSA) is 52.7 Å². The minimum absolute atomic E-state index is 0.0146. The second-order valence-electron chi connectivity index (χ2n) is 21.0. The first-order chi connectivity index (χ1) is 26.0. The molecule has 0 aromatic heterocycles. The van der Waals surface area contributed by atoms with E-state index in [-0.39, 0.29) is 10.5 Å². The average Bonchev–Trinajstić information content (AvgIpc) is 3.56. The third-order valence-corrected chi connectivity index (χ3v) is 21.4. The fourth-order valence-corrected chi connectivity index (χ4v) is 18.4. The van der Waals surface area contributed by atoms with Crippen molar-refractivity contribution in [3.05, 3.63) is 0 Å². The molecule has 0 aromatic rings. The molecule has 1 N–H and O–H groups in total. The molecule has 302 valence electrons. The van der Waals surface area contributed by atoms with E-state index < -0.39 is 9.84 Å². The maximum Gasteiger partial charge on any atom is 0.156 e. The maximum atomic E-state index is 13.4. The summed E-state index contributed by atoms with van der Waals surface area (Å²) in [6.07, 6.45) is 42.1. The Morgan fingerprint density at radius 3 is 1.47 bits per heavy atom. The molecule has 2 saturated heterocycles. The van der Waals surface area contributed by atoms with Crippen LogP contribution in [0.2, 0.25) is 0 Å². The van der Waals surface area contributed by atoms with E-state index in [0.717, 1.165) is 110 Å². The van der Waals surface area contributed by atoms with E-state index >= 15 is 0 Å². The van der Waals surface area contributed by atoms with Gasteiger partial charge < -0.3 is 5.32 Å². The molecule has 6 heteroatoms. The van der Waals surface area contributed by atoms with Crippen molar-refractivity contribution in [3.63, 3.8) is 0 Å². The second-order valence-corrected chi connectivity index (χ2v) is 23.5. The Hall–Kier alpha value is -0.170. The van der Waals surface area contributed by atoms with Crippen molar-refractivity contribution in [2.24, 2.45) is 35.5 Å². The lowest BCUT2D eigenvalue weighted by Gasteiger charge is -2.50. The number of rotatable bonds is 8. The number of sulfone groups is 1. The molecule has 0 radical (unpaired) electrons. The van der Waals surface area contributed by atoms with Gasteiger partial charge in [0.1, 0.15) is 0 Å². The summed E-state index contributed by atoms with van der Waals surface area (Å²) in [5.41, 5.74) is 0. The summed E-state index contributed by atoms with van der Waals surface area (Å²) in [4.78, 5) is 6.48. The summed E-state index contributed by atoms with van der Waals surface area (Å²) in [5, 5.41) is 3.88. The molecule has 0 amide bonds. The van der Waals surface area contributed by atoms with E-state index in [1.165, 1.54) is 174 Å². The third-order valence-electron chi connectivity index (χ3n) is 18.6. The van der Waals surface area contributed by atoms with E-state index in [9.17, 15) is 8.42 Å². The van der Waals surface area contributed by atoms with Gasteiger partial charge in [-0.25, -0.2) is 8.42 Å². The standard InChI is InChI=1S/C47H81N3O2S/c51-53(52,42-14-8-3-9-15-42)43-27-22-37(23-28-43)35-18-16-34(17-19-35)36-20-24-40(25-21-36)50-46-29-26-41(32-44(46)45-33-48-31-30-47(45)50)49(38-10-4-1-5-11-38)39-12-6-2-7-13-39/h34-48H,1-33H2. The van der Waals surface area contributed by atoms with Crippen LogP contribution in [0.5, 0.6) is 0 Å². The largest absolute Gasteiger partial charge is 0.316 e. The molecule has 2 aliphatic heterocycles. The van der Waals surface area contributed by atoms with Crippen LogP contribution in [0.3, 0.4) is 0 Å². The van der Waals surface area contributed by atoms with Crippen molar-refractivity contribution < 1.29 is 8.42 Å². The molecule has 53 heavy (non-hydrogen) atoms. The van der Waals surface area contributed by atoms with Crippen LogP contribution in [0, 0.1) is 35.5 Å². The number of piperidine rings is 1. The summed E-state index contributed by atoms with van der Waals surface area (Å²) in [7, 11) is -2.91. The van der Waals surface area contributed by atoms with Crippen LogP contribution in [0.4, 0.5) is 0 Å². The highest BCUT2D eigenvalue weighted by Crippen LogP contribution is 2.52. The Balaban J connectivity index is 0.772. The van der Waals surface area contributed by atoms with Crippen LogP contribution >= 0.6 is 0 Å². The number of likely N-dealkylation sites (tertiary alicyclic amines) is 1. The second kappa shape index (κ2) is 17.4. The molecular formula is C47H81N3O2S. The third kappa shape index (κ3) is 8.13. The zero-order valence-corrected chi connectivity index (χ0v) is 34.9. The maximum absolute atomic E-state index is 13.4. The quantitative estimate of drug-likeness (QED) is 0.268. The van der Waals surface area contributed by atoms with E-state index in [2.05, 4.69) is 15.1 Å². The molecular weight excluding hydrogens is 671 g/mol. The molecule has 9 rings (SSSR count). The van der Waals surface area contributed by atoms with Gasteiger partial charge in [0, 0.05) is 36.3 Å². The minimum Gasteiger partial charge on any atom is -0.316 e. The number of fused-ring (bicyclic) bond motifs is 3. The van der Waals surface area contributed by atoms with Gasteiger partial charge >= 0.3 is 0 Å². The van der Waals surface area contributed by atoms with Gasteiger partial charge in [-0.05, 0) is 190 Å². The van der Waals surface area contributed by atoms with Gasteiger partial charge in [-0.15, -0.1) is 0 Å². The van der Waals surface area contributed by atoms with Crippen LogP contribution in [0.25, 0.3) is 0 Å². The molecule has 5 nitrogen and oxygen atoms in total. The highest BCUT2D eigenvalue weighted by molar-refractivity contribution is 7.92. The van der Waals surface area contributed by atoms with Gasteiger partial charge in [0.25, 0.3) is 0 Å². The fraction of sp³-hybridized carbons (Fsp3) is 1.00. The Kier molecular flexibility index (Phi) is 12.6. The van der Waals surface area contributed by atoms with Crippen molar-refractivity contribution in [1.82, 2.24) is 15.1 Å². The van der Waals surface area contributed by atoms with E-state index in [1.54, 1.807) is 0 Å². The number of nitrogens with zero attached hydrogens (tertiary/aromatic N) is 2. The van der Waals surface area contributed by atoms with Crippen molar-refractivity contribution in [1.29, 1.82) is 0 Å². The Morgan fingerprint density at radius 2 is 0.906 bits per heavy atom. The van der Waals surface area contributed by atoms with Crippen molar-refractivity contribution in [2.45, 2.75) is 246 Å². The fourth-order valence-electron chi connectivity index (χ4n) is 15.9. The van der Waals surface area contributed by atoms with Crippen molar-refractivity contribution in [2.75, 3.05) is 13.1 Å². The first-order valence-corrected chi connectivity index (χ1v) is 26.1. The van der Waals surface area contributed by atoms with E-state index in [1.807, 2.05) is 0 Å². The monoisotopic (exact) mass is 752 g/mol. The minimum atomic E-state index is -2.91. The summed E-state index contributed by atoms with van der Waals surface area (Å²) in [5.74, 6) is 5.44. The van der Waals surface area contributed by atoms with Crippen molar-refractivity contribution >= 4 is 9.84 Å². The average molecular weight is 752 g/mol. The molecule has 0 bridgehead atoms. The summed E-state index contributed by atoms with van der Waals surface area (Å²) < 4.78 is 26.9. The highest BCUT2D eigenvalue weighted by Gasteiger charge is 2.54. The smallest absolute Gasteiger partial charge is 0.156 e. The van der Waals surface area contributed by atoms with Gasteiger partial charge in [-0.1, -0.05) is 57.8 Å². The van der Waals surface area contributed by atoms with Crippen LogP contribution < -0.4 is 5.32 Å². The predicted molar refractivity (Wildman–Crippen MR) is 220 cm³/mol. The van der Waals surface area contributed by atoms with Crippen LogP contribution in [0.15, 0.2) is 0 Å². The van der Waals surface area contributed by atoms with Gasteiger partial charge in [0.05, 0.1) is 10.5 Å². The number of nitrogens with one attached hydrogen (secondary N) is 1. The first kappa shape index (κ1) is 38.4. The number of hydrogen-bond donors (Lipinski definition) is 1. The molecule has 2 heterocycles. The Labute approximate surface area is 326 Å². The Morgan fingerprint density at radius 1 is 0.434 bits per heavy atom. The molecule has 5 unspecified atom stereocenters. The lowest BCUT2D eigenvalue weighted by molar-refractivity contribution is -0.00835. The van der Waals surface area contributed by atoms with Gasteiger partial charge in [-0.2, -0.15) is 0 Å². The van der Waals surface area contributed by atoms with E-state index in [4.69, 9.17) is 0 Å². The summed E-state index contributed by atoms with van der Waals surface area (Å²) >= 11 is 0. The predicted octanol–water partition coefficient (Wildman–Crippen LogP) is 10.5. The van der Waals surface area contributed by atoms with Gasteiger partial charge in [0.15, 0.2) is 9.84 Å². The van der Waals surface area contributed by atoms with Crippen LogP contribution in [-0.4, -0.2) is 78.1 Å². The van der Waals surface area contributed by atoms with E-state index in [0.29, 0.717) is 0 Å². The Bertz CT molecular complexity index is 1230. The zero-order valence-electron chi connectivity index (χ0n) is 34.0. The molecule has 0 spiro atoms. The number of hydrogen-bond acceptors (Lipinski definition) is 5. The van der Waals surface area contributed by atoms with Crippen molar-refractivity contribution in [3.8, 4) is 0 Å². The molecule has 7 aliphatic carbocycles.